The number of fused-ring (bicyclic) bond motifs is 4. The van der Waals surface area contributed by atoms with E-state index in [1.165, 1.54) is 21.9 Å². The lowest BCUT2D eigenvalue weighted by molar-refractivity contribution is 0.577. The van der Waals surface area contributed by atoms with Crippen LogP contribution in [0, 0.1) is 0 Å². The molecule has 0 unspecified atom stereocenters. The number of aromatic nitrogens is 14. The standard InChI is InChI=1S/C17H15N9O.C9H8N6O3S.C9H11N3/c18-15-23-16(19-6-5-10-3-4-11-12(8-10)21-9-20-11)24-17-22-14(25-26(15)17)13-2-1-7-27-13;1-19(16,17)9-12-7(10)15-8(13-9)11-6(14-15)5-3-2-4-18-5;10-4-3-7-1-2-8-9(5-7)12-6-11-8/h1-4,7-9H,5-6H2,(H,20,21)(H3,18,19,22,23,24,25);2-4H,1H3,(H2,10,11,12,13,14);1-2,5-6H,3-4,10H2,(H,11,12). The summed E-state index contributed by atoms with van der Waals surface area (Å²) in [5, 5.41) is 11.1. The van der Waals surface area contributed by atoms with Crippen molar-refractivity contribution in [2.45, 2.75) is 18.0 Å². The zero-order valence-corrected chi connectivity index (χ0v) is 31.4. The van der Waals surface area contributed by atoms with Gasteiger partial charge in [0, 0.05) is 12.8 Å². The van der Waals surface area contributed by atoms with Crippen molar-refractivity contribution in [3.63, 3.8) is 0 Å². The molecule has 10 rings (SSSR count). The summed E-state index contributed by atoms with van der Waals surface area (Å²) in [6, 6.07) is 19.2. The fraction of sp³-hybridized carbons (Fsp3) is 0.143. The number of sulfone groups is 1. The molecular weight excluding hydrogens is 769 g/mol. The molecule has 22 nitrogen and oxygen atoms in total. The van der Waals surface area contributed by atoms with E-state index >= 15 is 0 Å². The van der Waals surface area contributed by atoms with Gasteiger partial charge in [0.1, 0.15) is 0 Å². The Morgan fingerprint density at radius 2 is 1.26 bits per heavy atom. The SMILES string of the molecule is CS(=O)(=O)c1nc(N)n2nc(-c3ccco3)nc2n1.NCCc1ccc2nc[nH]c2c1.Nc1nc(NCCc2ccc3nc[nH]c3c2)nc2nc(-c3ccco3)nn12. The molecule has 8 aromatic heterocycles. The number of anilines is 3. The molecule has 294 valence electrons. The van der Waals surface area contributed by atoms with E-state index in [1.807, 2.05) is 12.1 Å². The molecule has 23 heteroatoms. The number of nitrogens with two attached hydrogens (primary N) is 3. The van der Waals surface area contributed by atoms with Crippen LogP contribution >= 0.6 is 0 Å². The maximum Gasteiger partial charge on any atom is 0.259 e. The highest BCUT2D eigenvalue weighted by Gasteiger charge is 2.18. The second kappa shape index (κ2) is 15.8. The number of aromatic amines is 2. The van der Waals surface area contributed by atoms with E-state index in [9.17, 15) is 8.42 Å². The summed E-state index contributed by atoms with van der Waals surface area (Å²) < 4.78 is 35.8. The predicted molar refractivity (Wildman–Crippen MR) is 212 cm³/mol. The molecule has 0 amide bonds. The molecule has 0 saturated carbocycles. The van der Waals surface area contributed by atoms with Gasteiger partial charge in [0.05, 0.1) is 47.2 Å². The molecule has 0 aliphatic carbocycles. The van der Waals surface area contributed by atoms with Crippen molar-refractivity contribution in [3.8, 4) is 23.2 Å². The summed E-state index contributed by atoms with van der Waals surface area (Å²) in [6.45, 7) is 1.34. The van der Waals surface area contributed by atoms with Gasteiger partial charge in [0.25, 0.3) is 16.7 Å². The Morgan fingerprint density at radius 3 is 1.79 bits per heavy atom. The third-order valence-electron chi connectivity index (χ3n) is 8.36. The monoisotopic (exact) mass is 802 g/mol. The van der Waals surface area contributed by atoms with E-state index < -0.39 is 15.0 Å². The minimum atomic E-state index is -3.57. The number of hydrogen-bond acceptors (Lipinski definition) is 18. The molecule has 0 fully saturated rings. The van der Waals surface area contributed by atoms with E-state index in [0.29, 0.717) is 42.2 Å². The normalized spacial score (nSPS) is 11.5. The zero-order valence-electron chi connectivity index (χ0n) is 30.6. The van der Waals surface area contributed by atoms with Crippen molar-refractivity contribution in [2.75, 3.05) is 36.1 Å². The van der Waals surface area contributed by atoms with E-state index in [4.69, 9.17) is 26.0 Å². The minimum Gasteiger partial charge on any atom is -0.461 e. The molecule has 0 saturated heterocycles. The second-order valence-corrected chi connectivity index (χ2v) is 14.4. The van der Waals surface area contributed by atoms with E-state index in [0.717, 1.165) is 45.7 Å². The predicted octanol–water partition coefficient (Wildman–Crippen LogP) is 2.72. The molecule has 0 spiro atoms. The number of nitrogens with one attached hydrogen (secondary N) is 3. The van der Waals surface area contributed by atoms with E-state index in [-0.39, 0.29) is 23.5 Å². The van der Waals surface area contributed by atoms with Crippen LogP contribution in [0.1, 0.15) is 11.1 Å². The average Bonchev–Trinajstić information content (AvgIpc) is 4.05. The summed E-state index contributed by atoms with van der Waals surface area (Å²) in [6.07, 6.45) is 9.14. The van der Waals surface area contributed by atoms with Crippen LogP contribution < -0.4 is 22.5 Å². The van der Waals surface area contributed by atoms with Crippen molar-refractivity contribution in [1.29, 1.82) is 0 Å². The molecule has 10 aromatic rings. The van der Waals surface area contributed by atoms with Gasteiger partial charge in [0.15, 0.2) is 11.5 Å². The molecule has 58 heavy (non-hydrogen) atoms. The average molecular weight is 803 g/mol. The van der Waals surface area contributed by atoms with E-state index in [2.05, 4.69) is 89.6 Å². The first-order valence-electron chi connectivity index (χ1n) is 17.5. The first kappa shape index (κ1) is 37.1. The van der Waals surface area contributed by atoms with Crippen LogP contribution in [0.2, 0.25) is 0 Å². The van der Waals surface area contributed by atoms with Crippen molar-refractivity contribution in [1.82, 2.24) is 69.1 Å². The molecule has 2 aromatic carbocycles. The number of imidazole rings is 2. The zero-order chi connectivity index (χ0) is 40.2. The van der Waals surface area contributed by atoms with Gasteiger partial charge in [-0.1, -0.05) is 12.1 Å². The highest BCUT2D eigenvalue weighted by Crippen LogP contribution is 2.19. The first-order valence-corrected chi connectivity index (χ1v) is 19.4. The van der Waals surface area contributed by atoms with Gasteiger partial charge in [-0.25, -0.2) is 18.4 Å². The lowest BCUT2D eigenvalue weighted by atomic mass is 10.1. The van der Waals surface area contributed by atoms with Crippen molar-refractivity contribution >= 4 is 61.3 Å². The third kappa shape index (κ3) is 8.10. The summed E-state index contributed by atoms with van der Waals surface area (Å²) in [5.74, 6) is 2.51. The number of hydrogen-bond donors (Lipinski definition) is 6. The van der Waals surface area contributed by atoms with Crippen LogP contribution in [0.25, 0.3) is 56.8 Å². The van der Waals surface area contributed by atoms with Gasteiger partial charge in [0.2, 0.25) is 39.3 Å². The number of rotatable bonds is 9. The van der Waals surface area contributed by atoms with Gasteiger partial charge in [-0.2, -0.15) is 38.9 Å². The van der Waals surface area contributed by atoms with Gasteiger partial charge in [-0.15, -0.1) is 10.2 Å². The molecule has 0 atom stereocenters. The Balaban J connectivity index is 0.000000132. The van der Waals surface area contributed by atoms with Crippen LogP contribution in [-0.2, 0) is 22.7 Å². The van der Waals surface area contributed by atoms with Crippen LogP contribution in [0.5, 0.6) is 0 Å². The minimum absolute atomic E-state index is 0.0410. The highest BCUT2D eigenvalue weighted by molar-refractivity contribution is 7.90. The Morgan fingerprint density at radius 1 is 0.707 bits per heavy atom. The largest absolute Gasteiger partial charge is 0.461 e. The van der Waals surface area contributed by atoms with Crippen LogP contribution in [0.3, 0.4) is 0 Å². The maximum atomic E-state index is 11.4. The van der Waals surface area contributed by atoms with Gasteiger partial charge in [-0.3, -0.25) is 0 Å². The van der Waals surface area contributed by atoms with Crippen molar-refractivity contribution in [2.24, 2.45) is 5.73 Å². The van der Waals surface area contributed by atoms with Crippen LogP contribution in [0.15, 0.2) is 99.8 Å². The fourth-order valence-corrected chi connectivity index (χ4v) is 6.13. The van der Waals surface area contributed by atoms with Crippen molar-refractivity contribution < 1.29 is 17.3 Å². The second-order valence-electron chi connectivity index (χ2n) is 12.5. The molecular formula is C35H34N18O4S. The summed E-state index contributed by atoms with van der Waals surface area (Å²) in [4.78, 5) is 39.0. The van der Waals surface area contributed by atoms with Crippen molar-refractivity contribution in [3.05, 3.63) is 97.0 Å². The lowest BCUT2D eigenvalue weighted by Gasteiger charge is -2.06. The van der Waals surface area contributed by atoms with Gasteiger partial charge < -0.3 is 41.3 Å². The number of furan rings is 2. The van der Waals surface area contributed by atoms with Crippen LogP contribution in [0.4, 0.5) is 17.8 Å². The topological polar surface area (TPSA) is 320 Å². The maximum absolute atomic E-state index is 11.4. The smallest absolute Gasteiger partial charge is 0.259 e. The highest BCUT2D eigenvalue weighted by atomic mass is 32.2. The molecule has 0 aliphatic rings. The van der Waals surface area contributed by atoms with Gasteiger partial charge >= 0.3 is 0 Å². The number of H-pyrrole nitrogens is 2. The molecule has 9 N–H and O–H groups in total. The molecule has 0 bridgehead atoms. The summed E-state index contributed by atoms with van der Waals surface area (Å²) in [5.41, 5.74) is 23.6. The summed E-state index contributed by atoms with van der Waals surface area (Å²) >= 11 is 0. The Labute approximate surface area is 326 Å². The number of nitrogen functional groups attached to an aromatic ring is 2. The number of nitrogens with zero attached hydrogens (tertiary/aromatic N) is 12. The Kier molecular flexibility index (Phi) is 10.1. The molecule has 0 radical (unpaired) electrons. The van der Waals surface area contributed by atoms with Crippen LogP contribution in [-0.4, -0.2) is 96.8 Å². The molecule has 8 heterocycles. The fourth-order valence-electron chi connectivity index (χ4n) is 5.62. The Bertz CT molecular complexity index is 3080. The Hall–Kier alpha value is -7.79. The van der Waals surface area contributed by atoms with Gasteiger partial charge in [-0.05, 0) is 79.0 Å². The molecule has 0 aliphatic heterocycles. The first-order chi connectivity index (χ1) is 28.1. The lowest BCUT2D eigenvalue weighted by Crippen LogP contribution is -2.12. The summed E-state index contributed by atoms with van der Waals surface area (Å²) in [7, 11) is -3.57. The third-order valence-corrected chi connectivity index (χ3v) is 9.21. The number of benzene rings is 2. The van der Waals surface area contributed by atoms with E-state index in [1.54, 1.807) is 43.2 Å². The quantitative estimate of drug-likeness (QED) is 0.122.